The number of carboxylic acid groups (broad SMARTS) is 1. The average molecular weight is 477 g/mol. The molecule has 4 aromatic rings. The van der Waals surface area contributed by atoms with E-state index < -0.39 is 17.6 Å². The third-order valence-corrected chi connectivity index (χ3v) is 5.92. The Balaban J connectivity index is 1.79. The highest BCUT2D eigenvalue weighted by molar-refractivity contribution is 6.09. The van der Waals surface area contributed by atoms with E-state index in [-0.39, 0.29) is 24.8 Å². The number of nitrogens with zero attached hydrogens (tertiary/aromatic N) is 1. The number of rotatable bonds is 8. The minimum atomic E-state index is -0.968. The van der Waals surface area contributed by atoms with Gasteiger partial charge in [0, 0.05) is 29.7 Å². The number of carboxylic acids is 1. The molecule has 180 valence electrons. The van der Waals surface area contributed by atoms with Gasteiger partial charge in [0.2, 0.25) is 0 Å². The molecule has 0 atom stereocenters. The molecule has 5 nitrogen and oxygen atoms in total. The van der Waals surface area contributed by atoms with E-state index in [1.807, 2.05) is 50.2 Å². The predicted molar refractivity (Wildman–Crippen MR) is 130 cm³/mol. The van der Waals surface area contributed by atoms with Crippen LogP contribution in [0, 0.1) is 11.6 Å². The van der Waals surface area contributed by atoms with Crippen LogP contribution in [0.4, 0.5) is 8.78 Å². The van der Waals surface area contributed by atoms with E-state index in [1.165, 1.54) is 6.07 Å². The lowest BCUT2D eigenvalue weighted by Gasteiger charge is -2.16. The summed E-state index contributed by atoms with van der Waals surface area (Å²) in [4.78, 5) is 24.8. The fraction of sp³-hybridized carbons (Fsp3) is 0.214. The van der Waals surface area contributed by atoms with Crippen molar-refractivity contribution in [3.63, 3.8) is 0 Å². The molecule has 35 heavy (non-hydrogen) atoms. The first-order valence-electron chi connectivity index (χ1n) is 11.4. The van der Waals surface area contributed by atoms with Crippen molar-refractivity contribution in [3.8, 4) is 0 Å². The lowest BCUT2D eigenvalue weighted by Crippen LogP contribution is -2.24. The van der Waals surface area contributed by atoms with E-state index in [0.29, 0.717) is 28.6 Å². The standard InChI is InChI=1S/C28H26F2N2O3/c1-17(2)27-26(28(35)31-15-20-9-11-22(29)23(30)12-20)21-10-8-19(14-25(33)34)13-24(21)32(27)16-18-6-4-3-5-7-18/h3-13,17H,14-16H2,1-2H3,(H,31,35)(H,33,34). The molecule has 0 unspecified atom stereocenters. The number of fused-ring (bicyclic) bond motifs is 1. The Morgan fingerprint density at radius 1 is 0.914 bits per heavy atom. The van der Waals surface area contributed by atoms with Gasteiger partial charge in [-0.2, -0.15) is 0 Å². The number of hydrogen-bond donors (Lipinski definition) is 2. The van der Waals surface area contributed by atoms with Crippen LogP contribution in [0.1, 0.15) is 52.5 Å². The van der Waals surface area contributed by atoms with Gasteiger partial charge in [-0.15, -0.1) is 0 Å². The van der Waals surface area contributed by atoms with Crippen LogP contribution >= 0.6 is 0 Å². The number of carbonyl (C=O) groups excluding carboxylic acids is 1. The van der Waals surface area contributed by atoms with Crippen LogP contribution in [0.2, 0.25) is 0 Å². The van der Waals surface area contributed by atoms with Crippen molar-refractivity contribution in [3.05, 3.63) is 106 Å². The molecule has 0 saturated heterocycles. The number of carbonyl (C=O) groups is 2. The van der Waals surface area contributed by atoms with E-state index in [2.05, 4.69) is 9.88 Å². The highest BCUT2D eigenvalue weighted by atomic mass is 19.2. The number of aromatic nitrogens is 1. The minimum Gasteiger partial charge on any atom is -0.481 e. The maximum absolute atomic E-state index is 13.6. The number of halogens is 2. The maximum atomic E-state index is 13.6. The molecule has 0 aliphatic rings. The molecule has 0 spiro atoms. The Kier molecular flexibility index (Phi) is 6.96. The molecule has 4 rings (SSSR count). The first-order chi connectivity index (χ1) is 16.7. The summed E-state index contributed by atoms with van der Waals surface area (Å²) < 4.78 is 28.9. The highest BCUT2D eigenvalue weighted by Crippen LogP contribution is 2.33. The van der Waals surface area contributed by atoms with Gasteiger partial charge in [0.1, 0.15) is 0 Å². The average Bonchev–Trinajstić information content (AvgIpc) is 3.13. The summed E-state index contributed by atoms with van der Waals surface area (Å²) in [5, 5.41) is 12.8. The van der Waals surface area contributed by atoms with Crippen LogP contribution in [0.3, 0.4) is 0 Å². The Morgan fingerprint density at radius 3 is 2.29 bits per heavy atom. The van der Waals surface area contributed by atoms with Crippen molar-refractivity contribution >= 4 is 22.8 Å². The van der Waals surface area contributed by atoms with Gasteiger partial charge in [0.15, 0.2) is 11.6 Å². The van der Waals surface area contributed by atoms with Crippen LogP contribution < -0.4 is 5.32 Å². The Hall–Kier alpha value is -4.00. The molecule has 1 heterocycles. The summed E-state index contributed by atoms with van der Waals surface area (Å²) in [5.41, 5.74) is 4.22. The summed E-state index contributed by atoms with van der Waals surface area (Å²) in [6.45, 7) is 4.55. The van der Waals surface area contributed by atoms with E-state index in [0.717, 1.165) is 28.9 Å². The summed E-state index contributed by atoms with van der Waals surface area (Å²) in [7, 11) is 0. The second kappa shape index (κ2) is 10.1. The molecule has 0 saturated carbocycles. The Labute approximate surface area is 202 Å². The van der Waals surface area contributed by atoms with E-state index in [9.17, 15) is 23.5 Å². The molecule has 1 amide bonds. The highest BCUT2D eigenvalue weighted by Gasteiger charge is 2.25. The Bertz CT molecular complexity index is 1390. The largest absolute Gasteiger partial charge is 0.481 e. The van der Waals surface area contributed by atoms with Gasteiger partial charge < -0.3 is 15.0 Å². The molecular formula is C28H26F2N2O3. The zero-order chi connectivity index (χ0) is 25.1. The molecule has 0 bridgehead atoms. The predicted octanol–water partition coefficient (Wildman–Crippen LogP) is 5.65. The third-order valence-electron chi connectivity index (χ3n) is 5.92. The van der Waals surface area contributed by atoms with Crippen LogP contribution in [-0.2, 0) is 24.3 Å². The first-order valence-corrected chi connectivity index (χ1v) is 11.4. The fourth-order valence-electron chi connectivity index (χ4n) is 4.39. The van der Waals surface area contributed by atoms with Crippen molar-refractivity contribution in [1.82, 2.24) is 9.88 Å². The van der Waals surface area contributed by atoms with Crippen molar-refractivity contribution in [2.24, 2.45) is 0 Å². The summed E-state index contributed by atoms with van der Waals surface area (Å²) >= 11 is 0. The smallest absolute Gasteiger partial charge is 0.307 e. The second-order valence-electron chi connectivity index (χ2n) is 8.84. The molecule has 7 heteroatoms. The number of benzene rings is 3. The number of hydrogen-bond acceptors (Lipinski definition) is 2. The van der Waals surface area contributed by atoms with Crippen molar-refractivity contribution in [1.29, 1.82) is 0 Å². The lowest BCUT2D eigenvalue weighted by molar-refractivity contribution is -0.136. The lowest BCUT2D eigenvalue weighted by atomic mass is 10.0. The van der Waals surface area contributed by atoms with Gasteiger partial charge >= 0.3 is 5.97 Å². The molecular weight excluding hydrogens is 450 g/mol. The van der Waals surface area contributed by atoms with Gasteiger partial charge in [0.25, 0.3) is 5.91 Å². The summed E-state index contributed by atoms with van der Waals surface area (Å²) in [6.07, 6.45) is -0.124. The first kappa shape index (κ1) is 24.1. The molecule has 0 radical (unpaired) electrons. The van der Waals surface area contributed by atoms with E-state index in [4.69, 9.17) is 0 Å². The molecule has 1 aromatic heterocycles. The third kappa shape index (κ3) is 5.24. The number of aliphatic carboxylic acids is 1. The zero-order valence-corrected chi connectivity index (χ0v) is 19.5. The minimum absolute atomic E-state index is 0.0157. The van der Waals surface area contributed by atoms with Gasteiger partial charge in [-0.3, -0.25) is 9.59 Å². The van der Waals surface area contributed by atoms with Crippen molar-refractivity contribution in [2.75, 3.05) is 0 Å². The SMILES string of the molecule is CC(C)c1c(C(=O)NCc2ccc(F)c(F)c2)c2ccc(CC(=O)O)cc2n1Cc1ccccc1. The molecule has 0 aliphatic heterocycles. The van der Waals surface area contributed by atoms with Gasteiger partial charge in [-0.1, -0.05) is 62.4 Å². The Morgan fingerprint density at radius 2 is 1.63 bits per heavy atom. The topological polar surface area (TPSA) is 71.3 Å². The van der Waals surface area contributed by atoms with Gasteiger partial charge in [0.05, 0.1) is 12.0 Å². The number of amides is 1. The van der Waals surface area contributed by atoms with E-state index in [1.54, 1.807) is 12.1 Å². The normalized spacial score (nSPS) is 11.2. The molecule has 3 aromatic carbocycles. The zero-order valence-electron chi connectivity index (χ0n) is 19.5. The summed E-state index contributed by atoms with van der Waals surface area (Å²) in [5.74, 6) is -3.19. The van der Waals surface area contributed by atoms with Gasteiger partial charge in [-0.05, 0) is 40.8 Å². The van der Waals surface area contributed by atoms with Crippen LogP contribution in [0.15, 0.2) is 66.7 Å². The monoisotopic (exact) mass is 476 g/mol. The van der Waals surface area contributed by atoms with Crippen molar-refractivity contribution in [2.45, 2.75) is 39.3 Å². The van der Waals surface area contributed by atoms with Crippen molar-refractivity contribution < 1.29 is 23.5 Å². The van der Waals surface area contributed by atoms with Gasteiger partial charge in [-0.25, -0.2) is 8.78 Å². The molecule has 0 aliphatic carbocycles. The fourth-order valence-corrected chi connectivity index (χ4v) is 4.39. The summed E-state index contributed by atoms with van der Waals surface area (Å²) in [6, 6.07) is 18.7. The van der Waals surface area contributed by atoms with Crippen LogP contribution in [0.5, 0.6) is 0 Å². The maximum Gasteiger partial charge on any atom is 0.307 e. The van der Waals surface area contributed by atoms with Crippen LogP contribution in [0.25, 0.3) is 10.9 Å². The quantitative estimate of drug-likeness (QED) is 0.345. The van der Waals surface area contributed by atoms with Crippen LogP contribution in [-0.4, -0.2) is 21.6 Å². The second-order valence-corrected chi connectivity index (χ2v) is 8.84. The molecule has 2 N–H and O–H groups in total. The molecule has 0 fully saturated rings. The van der Waals surface area contributed by atoms with E-state index >= 15 is 0 Å². The number of nitrogens with one attached hydrogen (secondary N) is 1.